The van der Waals surface area contributed by atoms with Crippen molar-refractivity contribution in [3.8, 4) is 0 Å². The highest BCUT2D eigenvalue weighted by atomic mass is 35.5. The molecule has 2 aromatic rings. The number of nitrogens with zero attached hydrogens (tertiary/aromatic N) is 1. The van der Waals surface area contributed by atoms with Crippen molar-refractivity contribution in [1.29, 1.82) is 0 Å². The van der Waals surface area contributed by atoms with Crippen molar-refractivity contribution < 1.29 is 4.39 Å². The second kappa shape index (κ2) is 6.54. The van der Waals surface area contributed by atoms with Gasteiger partial charge in [0.05, 0.1) is 15.7 Å². The standard InChI is InChI=1S/C16H17Cl2FN2/c1-10(11-4-6-15(19)13(17)8-11)20-12-5-7-16(21(2)3)14(18)9-12/h4-10,20H,1-3H3. The Morgan fingerprint density at radius 2 is 1.76 bits per heavy atom. The molecule has 112 valence electrons. The topological polar surface area (TPSA) is 15.3 Å². The number of anilines is 2. The summed E-state index contributed by atoms with van der Waals surface area (Å²) in [7, 11) is 3.88. The average molecular weight is 327 g/mol. The van der Waals surface area contributed by atoms with E-state index in [-0.39, 0.29) is 11.1 Å². The number of hydrogen-bond acceptors (Lipinski definition) is 2. The van der Waals surface area contributed by atoms with E-state index >= 15 is 0 Å². The summed E-state index contributed by atoms with van der Waals surface area (Å²) in [5, 5.41) is 4.13. The Balaban J connectivity index is 2.17. The molecule has 0 saturated carbocycles. The van der Waals surface area contributed by atoms with E-state index in [1.165, 1.54) is 6.07 Å². The fourth-order valence-electron chi connectivity index (χ4n) is 2.07. The van der Waals surface area contributed by atoms with Gasteiger partial charge in [-0.05, 0) is 42.8 Å². The van der Waals surface area contributed by atoms with E-state index in [1.54, 1.807) is 12.1 Å². The summed E-state index contributed by atoms with van der Waals surface area (Å²) < 4.78 is 13.2. The molecule has 0 aliphatic rings. The fraction of sp³-hybridized carbons (Fsp3) is 0.250. The van der Waals surface area contributed by atoms with Crippen molar-refractivity contribution in [2.24, 2.45) is 0 Å². The van der Waals surface area contributed by atoms with Crippen LogP contribution in [0.25, 0.3) is 0 Å². The molecule has 5 heteroatoms. The minimum atomic E-state index is -0.411. The van der Waals surface area contributed by atoms with Crippen LogP contribution in [0.2, 0.25) is 10.0 Å². The predicted octanol–water partition coefficient (Wildman–Crippen LogP) is 5.37. The zero-order chi connectivity index (χ0) is 15.6. The van der Waals surface area contributed by atoms with Crippen LogP contribution < -0.4 is 10.2 Å². The number of rotatable bonds is 4. The predicted molar refractivity (Wildman–Crippen MR) is 89.2 cm³/mol. The largest absolute Gasteiger partial charge is 0.378 e. The van der Waals surface area contributed by atoms with Crippen LogP contribution in [0.3, 0.4) is 0 Å². The lowest BCUT2D eigenvalue weighted by molar-refractivity contribution is 0.627. The van der Waals surface area contributed by atoms with Gasteiger partial charge < -0.3 is 10.2 Å². The molecule has 2 aromatic carbocycles. The van der Waals surface area contributed by atoms with Crippen molar-refractivity contribution in [3.63, 3.8) is 0 Å². The molecular formula is C16H17Cl2FN2. The Kier molecular flexibility index (Phi) is 4.96. The zero-order valence-corrected chi connectivity index (χ0v) is 13.6. The summed E-state index contributed by atoms with van der Waals surface area (Å²) in [6.07, 6.45) is 0. The van der Waals surface area contributed by atoms with E-state index in [1.807, 2.05) is 44.1 Å². The van der Waals surface area contributed by atoms with Crippen LogP contribution in [0.1, 0.15) is 18.5 Å². The smallest absolute Gasteiger partial charge is 0.141 e. The molecule has 0 aliphatic heterocycles. The minimum absolute atomic E-state index is 0.00984. The van der Waals surface area contributed by atoms with Crippen molar-refractivity contribution in [2.75, 3.05) is 24.3 Å². The second-order valence-corrected chi connectivity index (χ2v) is 5.91. The summed E-state index contributed by atoms with van der Waals surface area (Å²) >= 11 is 12.1. The van der Waals surface area contributed by atoms with E-state index in [2.05, 4.69) is 5.32 Å². The summed E-state index contributed by atoms with van der Waals surface area (Å²) in [5.74, 6) is -0.411. The van der Waals surface area contributed by atoms with Crippen molar-refractivity contribution in [3.05, 3.63) is 57.8 Å². The maximum atomic E-state index is 13.2. The van der Waals surface area contributed by atoms with Crippen LogP contribution in [-0.4, -0.2) is 14.1 Å². The fourth-order valence-corrected chi connectivity index (χ4v) is 2.61. The van der Waals surface area contributed by atoms with Gasteiger partial charge in [0.1, 0.15) is 5.82 Å². The lowest BCUT2D eigenvalue weighted by atomic mass is 10.1. The van der Waals surface area contributed by atoms with E-state index in [0.29, 0.717) is 5.02 Å². The third-order valence-electron chi connectivity index (χ3n) is 3.26. The van der Waals surface area contributed by atoms with Crippen LogP contribution >= 0.6 is 23.2 Å². The van der Waals surface area contributed by atoms with E-state index < -0.39 is 5.82 Å². The van der Waals surface area contributed by atoms with Crippen LogP contribution in [0.4, 0.5) is 15.8 Å². The van der Waals surface area contributed by atoms with Crippen LogP contribution in [0.5, 0.6) is 0 Å². The third-order valence-corrected chi connectivity index (χ3v) is 3.85. The second-order valence-electron chi connectivity index (χ2n) is 5.10. The maximum absolute atomic E-state index is 13.2. The van der Waals surface area contributed by atoms with Crippen LogP contribution in [0.15, 0.2) is 36.4 Å². The van der Waals surface area contributed by atoms with Gasteiger partial charge in [-0.15, -0.1) is 0 Å². The molecular weight excluding hydrogens is 310 g/mol. The van der Waals surface area contributed by atoms with E-state index in [9.17, 15) is 4.39 Å². The van der Waals surface area contributed by atoms with Gasteiger partial charge in [0.25, 0.3) is 0 Å². The molecule has 1 N–H and O–H groups in total. The Hall–Kier alpha value is -1.45. The summed E-state index contributed by atoms with van der Waals surface area (Å²) in [5.41, 5.74) is 2.77. The first kappa shape index (κ1) is 15.9. The van der Waals surface area contributed by atoms with Gasteiger partial charge in [0, 0.05) is 25.8 Å². The molecule has 0 spiro atoms. The highest BCUT2D eigenvalue weighted by Crippen LogP contribution is 2.30. The van der Waals surface area contributed by atoms with Gasteiger partial charge in [0.15, 0.2) is 0 Å². The minimum Gasteiger partial charge on any atom is -0.378 e. The SMILES string of the molecule is CC(Nc1ccc(N(C)C)c(Cl)c1)c1ccc(F)c(Cl)c1. The van der Waals surface area contributed by atoms with Gasteiger partial charge in [-0.3, -0.25) is 0 Å². The number of hydrogen-bond donors (Lipinski definition) is 1. The van der Waals surface area contributed by atoms with Crippen LogP contribution in [-0.2, 0) is 0 Å². The van der Waals surface area contributed by atoms with Crippen molar-refractivity contribution in [2.45, 2.75) is 13.0 Å². The Labute approximate surface area is 134 Å². The number of nitrogens with one attached hydrogen (secondary N) is 1. The molecule has 21 heavy (non-hydrogen) atoms. The van der Waals surface area contributed by atoms with Gasteiger partial charge in [0.2, 0.25) is 0 Å². The normalized spacial score (nSPS) is 12.1. The maximum Gasteiger partial charge on any atom is 0.141 e. The summed E-state index contributed by atoms with van der Waals surface area (Å²) in [6, 6.07) is 10.5. The Bertz CT molecular complexity index is 644. The summed E-state index contributed by atoms with van der Waals surface area (Å²) in [4.78, 5) is 1.95. The van der Waals surface area contributed by atoms with E-state index in [4.69, 9.17) is 23.2 Å². The van der Waals surface area contributed by atoms with Crippen LogP contribution in [0, 0.1) is 5.82 Å². The molecule has 1 unspecified atom stereocenters. The highest BCUT2D eigenvalue weighted by Gasteiger charge is 2.10. The molecule has 0 amide bonds. The molecule has 2 rings (SSSR count). The first-order valence-corrected chi connectivity index (χ1v) is 7.32. The molecule has 0 aliphatic carbocycles. The zero-order valence-electron chi connectivity index (χ0n) is 12.1. The first-order chi connectivity index (χ1) is 9.88. The molecule has 0 heterocycles. The third kappa shape index (κ3) is 3.80. The molecule has 0 fully saturated rings. The molecule has 0 saturated heterocycles. The van der Waals surface area contributed by atoms with Gasteiger partial charge in [-0.2, -0.15) is 0 Å². The molecule has 0 radical (unpaired) electrons. The van der Waals surface area contributed by atoms with Gasteiger partial charge in [-0.1, -0.05) is 29.3 Å². The average Bonchev–Trinajstić information content (AvgIpc) is 2.41. The molecule has 1 atom stereocenters. The molecule has 2 nitrogen and oxygen atoms in total. The number of halogens is 3. The lowest BCUT2D eigenvalue weighted by Crippen LogP contribution is -2.10. The molecule has 0 bridgehead atoms. The van der Waals surface area contributed by atoms with E-state index in [0.717, 1.165) is 16.9 Å². The Morgan fingerprint density at radius 3 is 2.33 bits per heavy atom. The lowest BCUT2D eigenvalue weighted by Gasteiger charge is -2.19. The molecule has 0 aromatic heterocycles. The van der Waals surface area contributed by atoms with Crippen molar-refractivity contribution in [1.82, 2.24) is 0 Å². The monoisotopic (exact) mass is 326 g/mol. The highest BCUT2D eigenvalue weighted by molar-refractivity contribution is 6.33. The summed E-state index contributed by atoms with van der Waals surface area (Å²) in [6.45, 7) is 1.98. The Morgan fingerprint density at radius 1 is 1.05 bits per heavy atom. The quantitative estimate of drug-likeness (QED) is 0.812. The number of benzene rings is 2. The van der Waals surface area contributed by atoms with Gasteiger partial charge >= 0.3 is 0 Å². The van der Waals surface area contributed by atoms with Crippen molar-refractivity contribution >= 4 is 34.6 Å². The first-order valence-electron chi connectivity index (χ1n) is 6.57. The van der Waals surface area contributed by atoms with Gasteiger partial charge in [-0.25, -0.2) is 4.39 Å².